The van der Waals surface area contributed by atoms with Gasteiger partial charge in [-0.3, -0.25) is 10.1 Å². The first kappa shape index (κ1) is 17.8. The fourth-order valence-corrected chi connectivity index (χ4v) is 1.79. The largest absolute Gasteiger partial charge is 0.508 e. The molecule has 0 aliphatic carbocycles. The third-order valence-corrected chi connectivity index (χ3v) is 2.74. The van der Waals surface area contributed by atoms with E-state index in [1.54, 1.807) is 32.9 Å². The van der Waals surface area contributed by atoms with Gasteiger partial charge in [-0.2, -0.15) is 0 Å². The zero-order valence-corrected chi connectivity index (χ0v) is 12.9. The van der Waals surface area contributed by atoms with Crippen LogP contribution in [0.25, 0.3) is 0 Å². The van der Waals surface area contributed by atoms with Gasteiger partial charge in [0.1, 0.15) is 11.4 Å². The summed E-state index contributed by atoms with van der Waals surface area (Å²) in [5.74, 6) is -1.05. The number of rotatable bonds is 5. The molecule has 0 aliphatic rings. The number of hydrogen-bond acceptors (Lipinski definition) is 5. The normalized spacial score (nSPS) is 12.5. The maximum absolute atomic E-state index is 11.6. The Labute approximate surface area is 129 Å². The summed E-state index contributed by atoms with van der Waals surface area (Å²) in [7, 11) is 0. The van der Waals surface area contributed by atoms with Crippen LogP contribution in [0.15, 0.2) is 18.2 Å². The Hall–Kier alpha value is -2.28. The monoisotopic (exact) mass is 310 g/mol. The second-order valence-electron chi connectivity index (χ2n) is 5.94. The minimum Gasteiger partial charge on any atom is -0.508 e. The molecule has 0 fully saturated rings. The molecule has 0 spiro atoms. The highest BCUT2D eigenvalue weighted by Gasteiger charge is 2.17. The zero-order valence-electron chi connectivity index (χ0n) is 12.9. The van der Waals surface area contributed by atoms with E-state index in [4.69, 9.17) is 15.6 Å². The van der Waals surface area contributed by atoms with Crippen LogP contribution in [-0.2, 0) is 9.53 Å². The molecular weight excluding hydrogens is 288 g/mol. The maximum Gasteiger partial charge on any atom is 0.412 e. The molecule has 0 aliphatic heterocycles. The Bertz CT molecular complexity index is 551. The van der Waals surface area contributed by atoms with E-state index in [1.807, 2.05) is 0 Å². The predicted molar refractivity (Wildman–Crippen MR) is 81.8 cm³/mol. The number of carboxylic acids is 1. The minimum absolute atomic E-state index is 0.0848. The van der Waals surface area contributed by atoms with Crippen LogP contribution in [-0.4, -0.2) is 27.9 Å². The van der Waals surface area contributed by atoms with Crippen molar-refractivity contribution in [3.63, 3.8) is 0 Å². The van der Waals surface area contributed by atoms with E-state index in [0.29, 0.717) is 11.3 Å². The number of hydrogen-bond donors (Lipinski definition) is 4. The highest BCUT2D eigenvalue weighted by Crippen LogP contribution is 2.28. The van der Waals surface area contributed by atoms with Gasteiger partial charge in [0.05, 0.1) is 0 Å². The average molecular weight is 310 g/mol. The molecule has 0 radical (unpaired) electrons. The van der Waals surface area contributed by atoms with Gasteiger partial charge in [-0.05, 0) is 33.3 Å². The summed E-state index contributed by atoms with van der Waals surface area (Å²) in [5, 5.41) is 21.1. The van der Waals surface area contributed by atoms with Crippen molar-refractivity contribution in [2.24, 2.45) is 5.73 Å². The maximum atomic E-state index is 11.6. The summed E-state index contributed by atoms with van der Waals surface area (Å²) < 4.78 is 5.10. The van der Waals surface area contributed by atoms with Gasteiger partial charge in [-0.15, -0.1) is 0 Å². The van der Waals surface area contributed by atoms with Crippen molar-refractivity contribution in [3.8, 4) is 5.75 Å². The molecule has 0 bridgehead atoms. The molecule has 0 saturated heterocycles. The van der Waals surface area contributed by atoms with Gasteiger partial charge in [-0.1, -0.05) is 6.07 Å². The molecule has 7 nitrogen and oxygen atoms in total. The second-order valence-corrected chi connectivity index (χ2v) is 5.94. The van der Waals surface area contributed by atoms with E-state index in [-0.39, 0.29) is 18.6 Å². The number of nitrogens with one attached hydrogen (secondary N) is 1. The van der Waals surface area contributed by atoms with E-state index in [9.17, 15) is 14.7 Å². The Kier molecular flexibility index (Phi) is 5.76. The van der Waals surface area contributed by atoms with Crippen LogP contribution in [0.1, 0.15) is 45.2 Å². The van der Waals surface area contributed by atoms with E-state index in [0.717, 1.165) is 0 Å². The summed E-state index contributed by atoms with van der Waals surface area (Å²) >= 11 is 0. The van der Waals surface area contributed by atoms with E-state index >= 15 is 0 Å². The summed E-state index contributed by atoms with van der Waals surface area (Å²) in [6.45, 7) is 5.23. The third-order valence-electron chi connectivity index (χ3n) is 2.74. The molecule has 1 unspecified atom stereocenters. The quantitative estimate of drug-likeness (QED) is 0.663. The van der Waals surface area contributed by atoms with Crippen molar-refractivity contribution < 1.29 is 24.5 Å². The van der Waals surface area contributed by atoms with Crippen molar-refractivity contribution in [3.05, 3.63) is 23.8 Å². The summed E-state index contributed by atoms with van der Waals surface area (Å²) in [6, 6.07) is 3.88. The molecule has 7 heteroatoms. The number of phenolic OH excluding ortho intramolecular Hbond substituents is 1. The predicted octanol–water partition coefficient (Wildman–Crippen LogP) is 2.60. The minimum atomic E-state index is -0.946. The molecule has 1 rings (SSSR count). The Morgan fingerprint density at radius 3 is 2.50 bits per heavy atom. The summed E-state index contributed by atoms with van der Waals surface area (Å²) in [4.78, 5) is 22.2. The number of nitrogens with two attached hydrogens (primary N) is 1. The molecule has 1 atom stereocenters. The molecule has 1 aromatic carbocycles. The van der Waals surface area contributed by atoms with Crippen LogP contribution in [0.5, 0.6) is 5.75 Å². The van der Waals surface area contributed by atoms with Crippen molar-refractivity contribution in [2.45, 2.75) is 45.3 Å². The van der Waals surface area contributed by atoms with Gasteiger partial charge in [0, 0.05) is 29.8 Å². The molecule has 1 aromatic rings. The van der Waals surface area contributed by atoms with Gasteiger partial charge in [0.15, 0.2) is 0 Å². The molecule has 1 amide bonds. The lowest BCUT2D eigenvalue weighted by Crippen LogP contribution is -2.27. The lowest BCUT2D eigenvalue weighted by molar-refractivity contribution is -0.137. The van der Waals surface area contributed by atoms with Crippen LogP contribution < -0.4 is 11.1 Å². The van der Waals surface area contributed by atoms with E-state index < -0.39 is 23.7 Å². The standard InChI is InChI=1S/C15H22N2O5/c1-15(2,3)22-14(21)17-9-4-5-10(12(18)8-9)11(16)6-7-13(19)20/h4-5,8,11,18H,6-7,16H2,1-3H3,(H,17,21)(H,19,20). The number of carboxylic acid groups (broad SMARTS) is 1. The molecule has 122 valence electrons. The molecule has 22 heavy (non-hydrogen) atoms. The second kappa shape index (κ2) is 7.13. The molecule has 0 saturated carbocycles. The molecule has 0 aromatic heterocycles. The highest BCUT2D eigenvalue weighted by molar-refractivity contribution is 5.85. The fraction of sp³-hybridized carbons (Fsp3) is 0.467. The van der Waals surface area contributed by atoms with Crippen molar-refractivity contribution in [1.82, 2.24) is 0 Å². The van der Waals surface area contributed by atoms with Crippen molar-refractivity contribution in [1.29, 1.82) is 0 Å². The van der Waals surface area contributed by atoms with E-state index in [1.165, 1.54) is 6.07 Å². The SMILES string of the molecule is CC(C)(C)OC(=O)Nc1ccc(C(N)CCC(=O)O)c(O)c1. The smallest absolute Gasteiger partial charge is 0.412 e. The van der Waals surface area contributed by atoms with Gasteiger partial charge < -0.3 is 20.7 Å². The number of benzene rings is 1. The van der Waals surface area contributed by atoms with Gasteiger partial charge >= 0.3 is 12.1 Å². The Balaban J connectivity index is 2.73. The first-order valence-electron chi connectivity index (χ1n) is 6.89. The number of ether oxygens (including phenoxy) is 1. The number of aliphatic carboxylic acids is 1. The first-order chi connectivity index (χ1) is 10.1. The van der Waals surface area contributed by atoms with Crippen molar-refractivity contribution in [2.75, 3.05) is 5.32 Å². The number of phenols is 1. The first-order valence-corrected chi connectivity index (χ1v) is 6.89. The Morgan fingerprint density at radius 2 is 2.00 bits per heavy atom. The molecule has 5 N–H and O–H groups in total. The number of carbonyl (C=O) groups is 2. The molecule has 0 heterocycles. The van der Waals surface area contributed by atoms with E-state index in [2.05, 4.69) is 5.32 Å². The fourth-order valence-electron chi connectivity index (χ4n) is 1.79. The van der Waals surface area contributed by atoms with Crippen molar-refractivity contribution >= 4 is 17.7 Å². The molecular formula is C15H22N2O5. The lowest BCUT2D eigenvalue weighted by atomic mass is 10.0. The lowest BCUT2D eigenvalue weighted by Gasteiger charge is -2.20. The Morgan fingerprint density at radius 1 is 1.36 bits per heavy atom. The van der Waals surface area contributed by atoms with Crippen LogP contribution >= 0.6 is 0 Å². The van der Waals surface area contributed by atoms with Crippen LogP contribution in [0, 0.1) is 0 Å². The third kappa shape index (κ3) is 6.01. The van der Waals surface area contributed by atoms with Crippen LogP contribution in [0.3, 0.4) is 0 Å². The van der Waals surface area contributed by atoms with Gasteiger partial charge in [0.2, 0.25) is 0 Å². The van der Waals surface area contributed by atoms with Crippen LogP contribution in [0.2, 0.25) is 0 Å². The van der Waals surface area contributed by atoms with Gasteiger partial charge in [-0.25, -0.2) is 4.79 Å². The summed E-state index contributed by atoms with van der Waals surface area (Å²) in [5.41, 5.74) is 6.01. The number of aromatic hydroxyl groups is 1. The number of anilines is 1. The highest BCUT2D eigenvalue weighted by atomic mass is 16.6. The number of amides is 1. The van der Waals surface area contributed by atoms with Crippen LogP contribution in [0.4, 0.5) is 10.5 Å². The number of carbonyl (C=O) groups excluding carboxylic acids is 1. The average Bonchev–Trinajstić information content (AvgIpc) is 2.33. The van der Waals surface area contributed by atoms with Gasteiger partial charge in [0.25, 0.3) is 0 Å². The topological polar surface area (TPSA) is 122 Å². The summed E-state index contributed by atoms with van der Waals surface area (Å²) in [6.07, 6.45) is -0.505. The zero-order chi connectivity index (χ0) is 16.9.